The highest BCUT2D eigenvalue weighted by atomic mass is 32.2. The molecule has 3 N–H and O–H groups in total. The standard InChI is InChI=1S/C11H18N2O2S/c1-15-11-8-9(4-5-10(11)12)13-6-3-7-16(2)14/h4-5,8,13H,3,6-7,12H2,1-2H3. The van der Waals surface area contributed by atoms with Crippen LogP contribution in [0.15, 0.2) is 18.2 Å². The Morgan fingerprint density at radius 1 is 1.50 bits per heavy atom. The fourth-order valence-electron chi connectivity index (χ4n) is 1.33. The lowest BCUT2D eigenvalue weighted by atomic mass is 10.2. The first-order chi connectivity index (χ1) is 7.63. The van der Waals surface area contributed by atoms with Crippen LogP contribution in [0.1, 0.15) is 6.42 Å². The third kappa shape index (κ3) is 4.10. The minimum atomic E-state index is -0.718. The fourth-order valence-corrected chi connectivity index (χ4v) is 1.88. The molecule has 0 fully saturated rings. The van der Waals surface area contributed by atoms with Crippen LogP contribution in [0.5, 0.6) is 5.75 Å². The third-order valence-electron chi connectivity index (χ3n) is 2.17. The van der Waals surface area contributed by atoms with Crippen molar-refractivity contribution in [3.8, 4) is 5.75 Å². The van der Waals surface area contributed by atoms with E-state index in [0.717, 1.165) is 24.4 Å². The Balaban J connectivity index is 2.45. The largest absolute Gasteiger partial charge is 0.495 e. The number of nitrogen functional groups attached to an aromatic ring is 1. The van der Waals surface area contributed by atoms with Gasteiger partial charge >= 0.3 is 0 Å². The van der Waals surface area contributed by atoms with E-state index in [0.29, 0.717) is 11.4 Å². The van der Waals surface area contributed by atoms with Gasteiger partial charge in [-0.1, -0.05) is 0 Å². The maximum Gasteiger partial charge on any atom is 0.143 e. The van der Waals surface area contributed by atoms with Gasteiger partial charge in [-0.15, -0.1) is 0 Å². The average Bonchev–Trinajstić information content (AvgIpc) is 2.26. The zero-order valence-corrected chi connectivity index (χ0v) is 10.5. The van der Waals surface area contributed by atoms with E-state index in [1.165, 1.54) is 0 Å². The predicted molar refractivity (Wildman–Crippen MR) is 69.4 cm³/mol. The molecule has 0 radical (unpaired) electrons. The summed E-state index contributed by atoms with van der Waals surface area (Å²) in [7, 11) is 0.875. The molecule has 0 spiro atoms. The van der Waals surface area contributed by atoms with Crippen LogP contribution in [0.25, 0.3) is 0 Å². The van der Waals surface area contributed by atoms with Gasteiger partial charge in [0, 0.05) is 41.1 Å². The number of nitrogens with two attached hydrogens (primary N) is 1. The molecule has 90 valence electrons. The van der Waals surface area contributed by atoms with Crippen molar-refractivity contribution in [1.29, 1.82) is 0 Å². The maximum atomic E-state index is 10.8. The summed E-state index contributed by atoms with van der Waals surface area (Å²) in [5.74, 6) is 1.39. The molecule has 0 amide bonds. The van der Waals surface area contributed by atoms with E-state index >= 15 is 0 Å². The van der Waals surface area contributed by atoms with Crippen LogP contribution in [-0.4, -0.2) is 29.9 Å². The van der Waals surface area contributed by atoms with Gasteiger partial charge in [-0.3, -0.25) is 4.21 Å². The van der Waals surface area contributed by atoms with Crippen LogP contribution in [0.4, 0.5) is 11.4 Å². The monoisotopic (exact) mass is 242 g/mol. The Labute approximate surface area is 98.6 Å². The van der Waals surface area contributed by atoms with E-state index in [1.807, 2.05) is 12.1 Å². The summed E-state index contributed by atoms with van der Waals surface area (Å²) in [5, 5.41) is 3.23. The quantitative estimate of drug-likeness (QED) is 0.585. The topological polar surface area (TPSA) is 64.3 Å². The van der Waals surface area contributed by atoms with Gasteiger partial charge in [0.25, 0.3) is 0 Å². The third-order valence-corrected chi connectivity index (χ3v) is 3.03. The minimum absolute atomic E-state index is 0.628. The normalized spacial score (nSPS) is 12.1. The molecule has 0 aliphatic carbocycles. The summed E-state index contributed by atoms with van der Waals surface area (Å²) in [4.78, 5) is 0. The Morgan fingerprint density at radius 3 is 2.88 bits per heavy atom. The molecule has 1 unspecified atom stereocenters. The highest BCUT2D eigenvalue weighted by molar-refractivity contribution is 7.84. The number of hydrogen-bond donors (Lipinski definition) is 2. The van der Waals surface area contributed by atoms with Crippen LogP contribution >= 0.6 is 0 Å². The molecule has 1 aromatic carbocycles. The van der Waals surface area contributed by atoms with Gasteiger partial charge in [-0.2, -0.15) is 0 Å². The number of hydrogen-bond acceptors (Lipinski definition) is 4. The SMILES string of the molecule is COc1cc(NCCCS(C)=O)ccc1N. The van der Waals surface area contributed by atoms with Crippen LogP contribution in [0.3, 0.4) is 0 Å². The summed E-state index contributed by atoms with van der Waals surface area (Å²) in [5.41, 5.74) is 7.29. The number of rotatable bonds is 6. The van der Waals surface area contributed by atoms with Gasteiger partial charge in [-0.05, 0) is 18.6 Å². The van der Waals surface area contributed by atoms with E-state index in [1.54, 1.807) is 19.4 Å². The van der Waals surface area contributed by atoms with Crippen molar-refractivity contribution >= 4 is 22.2 Å². The minimum Gasteiger partial charge on any atom is -0.495 e. The summed E-state index contributed by atoms with van der Waals surface area (Å²) in [6, 6.07) is 5.57. The summed E-state index contributed by atoms with van der Waals surface area (Å²) >= 11 is 0. The molecule has 1 atom stereocenters. The lowest BCUT2D eigenvalue weighted by Crippen LogP contribution is -2.06. The van der Waals surface area contributed by atoms with Crippen LogP contribution < -0.4 is 15.8 Å². The Bertz CT molecular complexity index is 369. The van der Waals surface area contributed by atoms with Crippen LogP contribution in [-0.2, 0) is 10.8 Å². The van der Waals surface area contributed by atoms with Crippen molar-refractivity contribution in [2.45, 2.75) is 6.42 Å². The molecule has 0 saturated carbocycles. The van der Waals surface area contributed by atoms with Gasteiger partial charge in [0.1, 0.15) is 5.75 Å². The van der Waals surface area contributed by atoms with E-state index in [4.69, 9.17) is 10.5 Å². The van der Waals surface area contributed by atoms with Gasteiger partial charge < -0.3 is 15.8 Å². The fraction of sp³-hybridized carbons (Fsp3) is 0.455. The van der Waals surface area contributed by atoms with Crippen molar-refractivity contribution < 1.29 is 8.95 Å². The summed E-state index contributed by atoms with van der Waals surface area (Å²) in [6.07, 6.45) is 2.60. The summed E-state index contributed by atoms with van der Waals surface area (Å²) in [6.45, 7) is 0.798. The van der Waals surface area contributed by atoms with E-state index in [-0.39, 0.29) is 0 Å². The van der Waals surface area contributed by atoms with Crippen molar-refractivity contribution in [2.24, 2.45) is 0 Å². The second-order valence-electron chi connectivity index (χ2n) is 3.51. The Morgan fingerprint density at radius 2 is 2.25 bits per heavy atom. The first-order valence-corrected chi connectivity index (χ1v) is 6.83. The Kier molecular flexibility index (Phi) is 5.11. The molecule has 4 nitrogen and oxygen atoms in total. The molecule has 5 heteroatoms. The first kappa shape index (κ1) is 12.8. The molecule has 0 aromatic heterocycles. The highest BCUT2D eigenvalue weighted by Gasteiger charge is 2.00. The van der Waals surface area contributed by atoms with Crippen molar-refractivity contribution in [1.82, 2.24) is 0 Å². The molecule has 16 heavy (non-hydrogen) atoms. The lowest BCUT2D eigenvalue weighted by molar-refractivity contribution is 0.417. The molecule has 1 rings (SSSR count). The van der Waals surface area contributed by atoms with Crippen molar-refractivity contribution in [3.05, 3.63) is 18.2 Å². The maximum absolute atomic E-state index is 10.8. The molecule has 0 aliphatic heterocycles. The van der Waals surface area contributed by atoms with Gasteiger partial charge in [0.05, 0.1) is 12.8 Å². The molecule has 0 heterocycles. The number of ether oxygens (including phenoxy) is 1. The number of nitrogens with one attached hydrogen (secondary N) is 1. The number of methoxy groups -OCH3 is 1. The number of anilines is 2. The second-order valence-corrected chi connectivity index (χ2v) is 5.07. The van der Waals surface area contributed by atoms with E-state index in [2.05, 4.69) is 5.32 Å². The van der Waals surface area contributed by atoms with Crippen LogP contribution in [0.2, 0.25) is 0 Å². The molecular weight excluding hydrogens is 224 g/mol. The highest BCUT2D eigenvalue weighted by Crippen LogP contribution is 2.24. The smallest absolute Gasteiger partial charge is 0.143 e. The predicted octanol–water partition coefficient (Wildman–Crippen LogP) is 1.46. The van der Waals surface area contributed by atoms with E-state index in [9.17, 15) is 4.21 Å². The van der Waals surface area contributed by atoms with Gasteiger partial charge in [0.2, 0.25) is 0 Å². The average molecular weight is 242 g/mol. The lowest BCUT2D eigenvalue weighted by Gasteiger charge is -2.09. The van der Waals surface area contributed by atoms with Gasteiger partial charge in [0.15, 0.2) is 0 Å². The molecule has 0 bridgehead atoms. The number of benzene rings is 1. The van der Waals surface area contributed by atoms with E-state index < -0.39 is 10.8 Å². The first-order valence-electron chi connectivity index (χ1n) is 5.11. The van der Waals surface area contributed by atoms with Crippen molar-refractivity contribution in [3.63, 3.8) is 0 Å². The zero-order chi connectivity index (χ0) is 12.0. The molecule has 1 aromatic rings. The molecular formula is C11H18N2O2S. The van der Waals surface area contributed by atoms with Crippen molar-refractivity contribution in [2.75, 3.05) is 36.7 Å². The van der Waals surface area contributed by atoms with Crippen LogP contribution in [0, 0.1) is 0 Å². The molecule has 0 saturated heterocycles. The van der Waals surface area contributed by atoms with Gasteiger partial charge in [-0.25, -0.2) is 0 Å². The Hall–Kier alpha value is -1.23. The molecule has 0 aliphatic rings. The second kappa shape index (κ2) is 6.37. The summed E-state index contributed by atoms with van der Waals surface area (Å²) < 4.78 is 16.0. The zero-order valence-electron chi connectivity index (χ0n) is 9.66.